The molecule has 1 aliphatic rings. The fraction of sp³-hybridized carbons (Fsp3) is 0.278. The van der Waals surface area contributed by atoms with Crippen molar-refractivity contribution in [3.05, 3.63) is 59.4 Å². The Bertz CT molecular complexity index is 744. The maximum Gasteiger partial charge on any atom is 0.253 e. The van der Waals surface area contributed by atoms with Gasteiger partial charge in [-0.1, -0.05) is 12.1 Å². The monoisotopic (exact) mass is 307 g/mol. The number of aromatic nitrogens is 1. The van der Waals surface area contributed by atoms with Gasteiger partial charge in [-0.05, 0) is 36.8 Å². The van der Waals surface area contributed by atoms with Crippen LogP contribution in [-0.2, 0) is 6.61 Å². The van der Waals surface area contributed by atoms with Crippen molar-refractivity contribution in [2.75, 3.05) is 13.1 Å². The quantitative estimate of drug-likeness (QED) is 0.870. The second-order valence-electron chi connectivity index (χ2n) is 5.66. The number of carbonyl (C=O) groups excluding carboxylic acids is 1. The minimum absolute atomic E-state index is 0.0282. The second-order valence-corrected chi connectivity index (χ2v) is 5.66. The van der Waals surface area contributed by atoms with Gasteiger partial charge in [-0.15, -0.1) is 0 Å². The highest BCUT2D eigenvalue weighted by atomic mass is 16.5. The molecule has 2 heterocycles. The van der Waals surface area contributed by atoms with E-state index in [1.165, 1.54) is 0 Å². The summed E-state index contributed by atoms with van der Waals surface area (Å²) in [4.78, 5) is 18.2. The molecule has 0 N–H and O–H groups in total. The first kappa shape index (κ1) is 15.0. The van der Waals surface area contributed by atoms with Crippen LogP contribution in [0.2, 0.25) is 0 Å². The molecule has 0 aliphatic carbocycles. The summed E-state index contributed by atoms with van der Waals surface area (Å²) in [7, 11) is 0. The number of likely N-dealkylation sites (tertiary alicyclic amines) is 1. The van der Waals surface area contributed by atoms with Crippen LogP contribution >= 0.6 is 0 Å². The van der Waals surface area contributed by atoms with Crippen LogP contribution in [-0.4, -0.2) is 28.9 Å². The summed E-state index contributed by atoms with van der Waals surface area (Å²) >= 11 is 0. The number of benzene rings is 1. The van der Waals surface area contributed by atoms with Crippen molar-refractivity contribution in [1.29, 1.82) is 5.26 Å². The molecule has 116 valence electrons. The molecule has 1 amide bonds. The lowest BCUT2D eigenvalue weighted by atomic mass is 10.00. The second kappa shape index (κ2) is 6.49. The molecule has 2 aromatic rings. The van der Waals surface area contributed by atoms with E-state index in [2.05, 4.69) is 11.1 Å². The van der Waals surface area contributed by atoms with Gasteiger partial charge < -0.3 is 9.64 Å². The molecule has 1 aromatic heterocycles. The number of ether oxygens (including phenoxy) is 1. The normalized spacial score (nSPS) is 14.0. The number of rotatable bonds is 4. The summed E-state index contributed by atoms with van der Waals surface area (Å²) < 4.78 is 5.69. The van der Waals surface area contributed by atoms with Crippen molar-refractivity contribution in [2.45, 2.75) is 13.5 Å². The average molecular weight is 307 g/mol. The molecule has 0 unspecified atom stereocenters. The van der Waals surface area contributed by atoms with Crippen molar-refractivity contribution in [3.8, 4) is 11.8 Å². The largest absolute Gasteiger partial charge is 0.487 e. The van der Waals surface area contributed by atoms with E-state index in [1.807, 2.05) is 37.3 Å². The molecule has 5 heteroatoms. The third-order valence-corrected chi connectivity index (χ3v) is 3.81. The molecule has 1 aromatic carbocycles. The average Bonchev–Trinajstić information content (AvgIpc) is 2.53. The van der Waals surface area contributed by atoms with Gasteiger partial charge >= 0.3 is 0 Å². The molecule has 1 saturated heterocycles. The molecule has 5 nitrogen and oxygen atoms in total. The van der Waals surface area contributed by atoms with Crippen LogP contribution in [0, 0.1) is 24.2 Å². The predicted octanol–water partition coefficient (Wildman–Crippen LogP) is 2.56. The minimum atomic E-state index is -0.0321. The van der Waals surface area contributed by atoms with Gasteiger partial charge in [-0.25, -0.2) is 0 Å². The number of carbonyl (C=O) groups is 1. The Kier molecular flexibility index (Phi) is 4.24. The zero-order chi connectivity index (χ0) is 16.2. The molecule has 23 heavy (non-hydrogen) atoms. The van der Waals surface area contributed by atoms with Gasteiger partial charge in [0.05, 0.1) is 18.2 Å². The molecule has 0 radical (unpaired) electrons. The minimum Gasteiger partial charge on any atom is -0.487 e. The summed E-state index contributed by atoms with van der Waals surface area (Å²) in [6.45, 7) is 3.34. The van der Waals surface area contributed by atoms with Crippen LogP contribution in [0.15, 0.2) is 42.6 Å². The highest BCUT2D eigenvalue weighted by Gasteiger charge is 2.30. The lowest BCUT2D eigenvalue weighted by Crippen LogP contribution is -2.49. The Balaban J connectivity index is 1.62. The van der Waals surface area contributed by atoms with Crippen LogP contribution in [0.4, 0.5) is 0 Å². The van der Waals surface area contributed by atoms with E-state index in [-0.39, 0.29) is 11.8 Å². The fourth-order valence-electron chi connectivity index (χ4n) is 2.41. The van der Waals surface area contributed by atoms with Crippen molar-refractivity contribution in [1.82, 2.24) is 9.88 Å². The Morgan fingerprint density at radius 2 is 2.22 bits per heavy atom. The summed E-state index contributed by atoms with van der Waals surface area (Å²) in [5.74, 6) is 0.641. The Morgan fingerprint density at radius 3 is 2.91 bits per heavy atom. The van der Waals surface area contributed by atoms with E-state index in [9.17, 15) is 4.79 Å². The molecule has 0 saturated carbocycles. The molecule has 0 atom stereocenters. The number of aryl methyl sites for hydroxylation is 1. The summed E-state index contributed by atoms with van der Waals surface area (Å²) in [6, 6.07) is 13.3. The molecular weight excluding hydrogens is 290 g/mol. The van der Waals surface area contributed by atoms with E-state index < -0.39 is 0 Å². The molecule has 3 rings (SSSR count). The SMILES string of the molecule is Cc1ccc(OCc2cccc(C(=O)N3CC(C#N)C3)c2)cn1. The van der Waals surface area contributed by atoms with Gasteiger partial charge in [0.25, 0.3) is 5.91 Å². The first-order valence-corrected chi connectivity index (χ1v) is 7.49. The molecule has 1 fully saturated rings. The Labute approximate surface area is 135 Å². The Morgan fingerprint density at radius 1 is 1.39 bits per heavy atom. The number of nitriles is 1. The molecular formula is C18H17N3O2. The number of hydrogen-bond donors (Lipinski definition) is 0. The standard InChI is InChI=1S/C18H17N3O2/c1-13-5-6-17(9-20-13)23-12-14-3-2-4-16(7-14)18(22)21-10-15(8-19)11-21/h2-7,9,15H,10-12H2,1H3. The number of nitrogens with zero attached hydrogens (tertiary/aromatic N) is 3. The first-order chi connectivity index (χ1) is 11.2. The number of hydrogen-bond acceptors (Lipinski definition) is 4. The number of amides is 1. The summed E-state index contributed by atoms with van der Waals surface area (Å²) in [5.41, 5.74) is 2.49. The van der Waals surface area contributed by atoms with Crippen molar-refractivity contribution >= 4 is 5.91 Å². The maximum absolute atomic E-state index is 12.3. The zero-order valence-corrected chi connectivity index (χ0v) is 12.9. The summed E-state index contributed by atoms with van der Waals surface area (Å²) in [6.07, 6.45) is 1.69. The fourth-order valence-corrected chi connectivity index (χ4v) is 2.41. The van der Waals surface area contributed by atoms with E-state index >= 15 is 0 Å². The lowest BCUT2D eigenvalue weighted by Gasteiger charge is -2.35. The third-order valence-electron chi connectivity index (χ3n) is 3.81. The highest BCUT2D eigenvalue weighted by Crippen LogP contribution is 2.19. The van der Waals surface area contributed by atoms with E-state index in [4.69, 9.17) is 10.00 Å². The summed E-state index contributed by atoms with van der Waals surface area (Å²) in [5, 5.41) is 8.79. The number of pyridine rings is 1. The van der Waals surface area contributed by atoms with Gasteiger partial charge in [-0.3, -0.25) is 9.78 Å². The Hall–Kier alpha value is -2.87. The van der Waals surface area contributed by atoms with Crippen LogP contribution < -0.4 is 4.74 Å². The van der Waals surface area contributed by atoms with Gasteiger partial charge in [0.2, 0.25) is 0 Å². The van der Waals surface area contributed by atoms with E-state index in [0.29, 0.717) is 31.0 Å². The highest BCUT2D eigenvalue weighted by molar-refractivity contribution is 5.95. The smallest absolute Gasteiger partial charge is 0.253 e. The molecule has 0 spiro atoms. The lowest BCUT2D eigenvalue weighted by molar-refractivity contribution is 0.0577. The van der Waals surface area contributed by atoms with Gasteiger partial charge in [0, 0.05) is 24.3 Å². The van der Waals surface area contributed by atoms with Crippen molar-refractivity contribution in [2.24, 2.45) is 5.92 Å². The maximum atomic E-state index is 12.3. The van der Waals surface area contributed by atoms with Crippen LogP contribution in [0.5, 0.6) is 5.75 Å². The molecule has 0 bridgehead atoms. The predicted molar refractivity (Wildman–Crippen MR) is 84.8 cm³/mol. The van der Waals surface area contributed by atoms with Crippen LogP contribution in [0.25, 0.3) is 0 Å². The molecule has 1 aliphatic heterocycles. The third kappa shape index (κ3) is 3.49. The van der Waals surface area contributed by atoms with Gasteiger partial charge in [0.1, 0.15) is 12.4 Å². The van der Waals surface area contributed by atoms with Crippen molar-refractivity contribution < 1.29 is 9.53 Å². The van der Waals surface area contributed by atoms with E-state index in [0.717, 1.165) is 11.3 Å². The first-order valence-electron chi connectivity index (χ1n) is 7.49. The van der Waals surface area contributed by atoms with Gasteiger partial charge in [-0.2, -0.15) is 5.26 Å². The van der Waals surface area contributed by atoms with Gasteiger partial charge in [0.15, 0.2) is 0 Å². The topological polar surface area (TPSA) is 66.2 Å². The zero-order valence-electron chi connectivity index (χ0n) is 12.9. The van der Waals surface area contributed by atoms with Crippen LogP contribution in [0.1, 0.15) is 21.6 Å². The van der Waals surface area contributed by atoms with E-state index in [1.54, 1.807) is 17.2 Å². The van der Waals surface area contributed by atoms with Crippen LogP contribution in [0.3, 0.4) is 0 Å². The van der Waals surface area contributed by atoms with Crippen molar-refractivity contribution in [3.63, 3.8) is 0 Å².